The summed E-state index contributed by atoms with van der Waals surface area (Å²) in [6.45, 7) is 5.23. The number of nitrogens with one attached hydrogen (secondary N) is 1. The van der Waals surface area contributed by atoms with Gasteiger partial charge in [0.05, 0.1) is 6.04 Å². The molecule has 0 aromatic heterocycles. The third-order valence-electron chi connectivity index (χ3n) is 3.03. The second-order valence-corrected chi connectivity index (χ2v) is 5.09. The molecule has 0 saturated carbocycles. The molecule has 1 aliphatic rings. The van der Waals surface area contributed by atoms with Gasteiger partial charge >= 0.3 is 0 Å². The van der Waals surface area contributed by atoms with Crippen LogP contribution in [0.25, 0.3) is 0 Å². The second kappa shape index (κ2) is 6.15. The Morgan fingerprint density at radius 3 is 2.63 bits per heavy atom. The van der Waals surface area contributed by atoms with Gasteiger partial charge in [-0.1, -0.05) is 19.9 Å². The van der Waals surface area contributed by atoms with Crippen LogP contribution in [-0.4, -0.2) is 25.0 Å². The van der Waals surface area contributed by atoms with Crippen LogP contribution in [0.5, 0.6) is 11.5 Å². The van der Waals surface area contributed by atoms with Gasteiger partial charge in [-0.3, -0.25) is 4.79 Å². The van der Waals surface area contributed by atoms with Crippen molar-refractivity contribution in [2.24, 2.45) is 5.92 Å². The molecule has 0 unspecified atom stereocenters. The fourth-order valence-corrected chi connectivity index (χ4v) is 2.18. The standard InChI is InChI=1S/C14H18ClNO3/c1-9(2)14(16-13(17)8-15)10-3-4-11-12(7-10)19-6-5-18-11/h3-4,7,9,14H,5-6,8H2,1-2H3,(H,16,17)/t14-/m0/s1. The van der Waals surface area contributed by atoms with E-state index in [4.69, 9.17) is 21.1 Å². The molecule has 0 aliphatic carbocycles. The van der Waals surface area contributed by atoms with Gasteiger partial charge in [0.1, 0.15) is 19.1 Å². The number of hydrogen-bond donors (Lipinski definition) is 1. The van der Waals surface area contributed by atoms with Gasteiger partial charge in [0.2, 0.25) is 5.91 Å². The van der Waals surface area contributed by atoms with Gasteiger partial charge in [0.15, 0.2) is 11.5 Å². The Hall–Kier alpha value is -1.42. The number of carbonyl (C=O) groups excluding carboxylic acids is 1. The number of benzene rings is 1. The molecule has 5 heteroatoms. The predicted octanol–water partition coefficient (Wildman–Crippen LogP) is 2.51. The molecule has 1 atom stereocenters. The highest BCUT2D eigenvalue weighted by molar-refractivity contribution is 6.27. The molecule has 0 saturated heterocycles. The SMILES string of the molecule is CC(C)[C@H](NC(=O)CCl)c1ccc2c(c1)OCCO2. The fraction of sp³-hybridized carbons (Fsp3) is 0.500. The lowest BCUT2D eigenvalue weighted by atomic mass is 9.95. The Morgan fingerprint density at radius 2 is 2.00 bits per heavy atom. The number of rotatable bonds is 4. The number of fused-ring (bicyclic) bond motifs is 1. The van der Waals surface area contributed by atoms with Gasteiger partial charge < -0.3 is 14.8 Å². The molecular weight excluding hydrogens is 266 g/mol. The lowest BCUT2D eigenvalue weighted by molar-refractivity contribution is -0.119. The van der Waals surface area contributed by atoms with E-state index in [0.29, 0.717) is 13.2 Å². The van der Waals surface area contributed by atoms with Crippen LogP contribution in [-0.2, 0) is 4.79 Å². The van der Waals surface area contributed by atoms with Crippen molar-refractivity contribution in [1.82, 2.24) is 5.32 Å². The predicted molar refractivity (Wildman–Crippen MR) is 73.9 cm³/mol. The van der Waals surface area contributed by atoms with Crippen molar-refractivity contribution in [3.05, 3.63) is 23.8 Å². The molecule has 0 bridgehead atoms. The smallest absolute Gasteiger partial charge is 0.235 e. The molecule has 0 spiro atoms. The third-order valence-corrected chi connectivity index (χ3v) is 3.27. The van der Waals surface area contributed by atoms with E-state index in [1.165, 1.54) is 0 Å². The molecule has 1 aromatic carbocycles. The van der Waals surface area contributed by atoms with Crippen molar-refractivity contribution in [1.29, 1.82) is 0 Å². The minimum atomic E-state index is -0.171. The molecule has 0 fully saturated rings. The van der Waals surface area contributed by atoms with Crippen LogP contribution in [0.3, 0.4) is 0 Å². The number of amides is 1. The molecule has 2 rings (SSSR count). The summed E-state index contributed by atoms with van der Waals surface area (Å²) in [5.41, 5.74) is 0.998. The van der Waals surface area contributed by atoms with E-state index in [0.717, 1.165) is 17.1 Å². The lowest BCUT2D eigenvalue weighted by Gasteiger charge is -2.25. The normalized spacial score (nSPS) is 15.2. The van der Waals surface area contributed by atoms with Crippen molar-refractivity contribution >= 4 is 17.5 Å². The lowest BCUT2D eigenvalue weighted by Crippen LogP contribution is -2.32. The van der Waals surface area contributed by atoms with Crippen LogP contribution in [0.1, 0.15) is 25.5 Å². The third kappa shape index (κ3) is 3.32. The van der Waals surface area contributed by atoms with Crippen molar-refractivity contribution in [3.8, 4) is 11.5 Å². The summed E-state index contributed by atoms with van der Waals surface area (Å²) in [7, 11) is 0. The van der Waals surface area contributed by atoms with Crippen molar-refractivity contribution in [2.75, 3.05) is 19.1 Å². The van der Waals surface area contributed by atoms with Gasteiger partial charge in [-0.15, -0.1) is 11.6 Å². The van der Waals surface area contributed by atoms with Crippen LogP contribution in [0.15, 0.2) is 18.2 Å². The molecule has 0 radical (unpaired) electrons. The Labute approximate surface area is 118 Å². The zero-order valence-electron chi connectivity index (χ0n) is 11.1. The molecule has 104 valence electrons. The Bertz CT molecular complexity index is 462. The second-order valence-electron chi connectivity index (χ2n) is 4.83. The zero-order valence-corrected chi connectivity index (χ0v) is 11.9. The topological polar surface area (TPSA) is 47.6 Å². The Balaban J connectivity index is 2.24. The molecule has 1 aromatic rings. The first-order valence-corrected chi connectivity index (χ1v) is 6.90. The molecular formula is C14H18ClNO3. The van der Waals surface area contributed by atoms with Crippen LogP contribution in [0, 0.1) is 5.92 Å². The molecule has 1 N–H and O–H groups in total. The summed E-state index contributed by atoms with van der Waals surface area (Å²) in [6, 6.07) is 5.67. The highest BCUT2D eigenvalue weighted by atomic mass is 35.5. The minimum Gasteiger partial charge on any atom is -0.486 e. The van der Waals surface area contributed by atoms with Crippen molar-refractivity contribution in [2.45, 2.75) is 19.9 Å². The van der Waals surface area contributed by atoms with E-state index in [2.05, 4.69) is 19.2 Å². The van der Waals surface area contributed by atoms with Crippen LogP contribution >= 0.6 is 11.6 Å². The fourth-order valence-electron chi connectivity index (χ4n) is 2.10. The summed E-state index contributed by atoms with van der Waals surface area (Å²) in [4.78, 5) is 11.5. The first-order chi connectivity index (χ1) is 9.11. The largest absolute Gasteiger partial charge is 0.486 e. The Morgan fingerprint density at radius 1 is 1.32 bits per heavy atom. The van der Waals surface area contributed by atoms with Gasteiger partial charge in [-0.05, 0) is 23.6 Å². The highest BCUT2D eigenvalue weighted by Crippen LogP contribution is 2.34. The van der Waals surface area contributed by atoms with Crippen molar-refractivity contribution in [3.63, 3.8) is 0 Å². The number of hydrogen-bond acceptors (Lipinski definition) is 3. The zero-order chi connectivity index (χ0) is 13.8. The molecule has 19 heavy (non-hydrogen) atoms. The monoisotopic (exact) mass is 283 g/mol. The van der Waals surface area contributed by atoms with E-state index in [9.17, 15) is 4.79 Å². The first-order valence-electron chi connectivity index (χ1n) is 6.36. The minimum absolute atomic E-state index is 0.0340. The summed E-state index contributed by atoms with van der Waals surface area (Å²) in [5.74, 6) is 1.54. The number of halogens is 1. The van der Waals surface area contributed by atoms with E-state index >= 15 is 0 Å². The van der Waals surface area contributed by atoms with E-state index in [1.54, 1.807) is 0 Å². The van der Waals surface area contributed by atoms with Crippen LogP contribution in [0.2, 0.25) is 0 Å². The molecule has 1 aliphatic heterocycles. The molecule has 1 heterocycles. The maximum absolute atomic E-state index is 11.5. The Kier molecular flexibility index (Phi) is 4.53. The van der Waals surface area contributed by atoms with Gasteiger partial charge in [-0.2, -0.15) is 0 Å². The summed E-state index contributed by atoms with van der Waals surface area (Å²) < 4.78 is 11.0. The number of carbonyl (C=O) groups is 1. The quantitative estimate of drug-likeness (QED) is 0.864. The number of alkyl halides is 1. The maximum atomic E-state index is 11.5. The van der Waals surface area contributed by atoms with Crippen LogP contribution < -0.4 is 14.8 Å². The average Bonchev–Trinajstić information content (AvgIpc) is 2.43. The highest BCUT2D eigenvalue weighted by Gasteiger charge is 2.20. The van der Waals surface area contributed by atoms with Crippen LogP contribution in [0.4, 0.5) is 0 Å². The molecule has 1 amide bonds. The van der Waals surface area contributed by atoms with E-state index in [1.807, 2.05) is 18.2 Å². The van der Waals surface area contributed by atoms with E-state index < -0.39 is 0 Å². The number of ether oxygens (including phenoxy) is 2. The average molecular weight is 284 g/mol. The van der Waals surface area contributed by atoms with Gasteiger partial charge in [0, 0.05) is 0 Å². The van der Waals surface area contributed by atoms with Gasteiger partial charge in [0.25, 0.3) is 0 Å². The first kappa shape index (κ1) is 14.0. The summed E-state index contributed by atoms with van der Waals surface area (Å²) in [5, 5.41) is 2.92. The van der Waals surface area contributed by atoms with Gasteiger partial charge in [-0.25, -0.2) is 0 Å². The van der Waals surface area contributed by atoms with Crippen molar-refractivity contribution < 1.29 is 14.3 Å². The summed E-state index contributed by atoms with van der Waals surface area (Å²) >= 11 is 5.55. The maximum Gasteiger partial charge on any atom is 0.235 e. The summed E-state index contributed by atoms with van der Waals surface area (Å²) in [6.07, 6.45) is 0. The molecule has 4 nitrogen and oxygen atoms in total. The van der Waals surface area contributed by atoms with E-state index in [-0.39, 0.29) is 23.7 Å².